The van der Waals surface area contributed by atoms with Crippen LogP contribution < -0.4 is 0 Å². The Morgan fingerprint density at radius 3 is 2.59 bits per heavy atom. The molecule has 1 unspecified atom stereocenters. The van der Waals surface area contributed by atoms with Crippen molar-refractivity contribution in [2.45, 2.75) is 39.0 Å². The highest BCUT2D eigenvalue weighted by Gasteiger charge is 2.25. The van der Waals surface area contributed by atoms with Gasteiger partial charge in [-0.05, 0) is 67.5 Å². The first-order chi connectivity index (χ1) is 16.5. The van der Waals surface area contributed by atoms with Crippen molar-refractivity contribution in [2.24, 2.45) is 5.92 Å². The average molecular weight is 449 g/mol. The lowest BCUT2D eigenvalue weighted by atomic mass is 9.83. The molecule has 0 spiro atoms. The Hall–Kier alpha value is -3.79. The topological polar surface area (TPSA) is 51.4 Å². The summed E-state index contributed by atoms with van der Waals surface area (Å²) >= 11 is 0. The fraction of sp³-hybridized carbons (Fsp3) is 0.233. The molecule has 0 saturated heterocycles. The molecule has 1 atom stereocenters. The largest absolute Gasteiger partial charge is 0.307 e. The second kappa shape index (κ2) is 9.60. The third kappa shape index (κ3) is 4.91. The van der Waals surface area contributed by atoms with Crippen LogP contribution in [-0.4, -0.2) is 21.0 Å². The van der Waals surface area contributed by atoms with Gasteiger partial charge in [0, 0.05) is 24.4 Å². The predicted molar refractivity (Wildman–Crippen MR) is 135 cm³/mol. The zero-order valence-electron chi connectivity index (χ0n) is 19.4. The normalized spacial score (nSPS) is 17.0. The van der Waals surface area contributed by atoms with E-state index in [4.69, 9.17) is 0 Å². The van der Waals surface area contributed by atoms with Gasteiger partial charge in [-0.15, -0.1) is 0 Å². The number of aromatic nitrogens is 2. The summed E-state index contributed by atoms with van der Waals surface area (Å²) in [4.78, 5) is 29.8. The summed E-state index contributed by atoms with van der Waals surface area (Å²) in [5.74, 6) is -0.286. The number of hydrogen-bond donors (Lipinski definition) is 0. The number of aryl methyl sites for hydroxylation is 4. The van der Waals surface area contributed by atoms with Gasteiger partial charge in [0.25, 0.3) is 0 Å². The molecule has 3 aromatic rings. The van der Waals surface area contributed by atoms with Crippen molar-refractivity contribution < 1.29 is 9.59 Å². The van der Waals surface area contributed by atoms with E-state index >= 15 is 0 Å². The lowest BCUT2D eigenvalue weighted by Gasteiger charge is -2.19. The summed E-state index contributed by atoms with van der Waals surface area (Å²) < 4.78 is 2.05. The van der Waals surface area contributed by atoms with Gasteiger partial charge in [-0.1, -0.05) is 60.2 Å². The molecule has 1 aromatic carbocycles. The summed E-state index contributed by atoms with van der Waals surface area (Å²) in [6.45, 7) is 2.11. The first kappa shape index (κ1) is 22.0. The molecule has 0 bridgehead atoms. The number of pyridine rings is 1. The van der Waals surface area contributed by atoms with Crippen molar-refractivity contribution in [2.75, 3.05) is 0 Å². The van der Waals surface area contributed by atoms with E-state index in [0.717, 1.165) is 36.2 Å². The molecule has 2 aliphatic rings. The molecule has 2 aliphatic carbocycles. The Balaban J connectivity index is 1.18. The quantitative estimate of drug-likeness (QED) is 0.457. The first-order valence-corrected chi connectivity index (χ1v) is 11.9. The van der Waals surface area contributed by atoms with Crippen molar-refractivity contribution in [3.05, 3.63) is 119 Å². The van der Waals surface area contributed by atoms with Gasteiger partial charge in [0.15, 0.2) is 11.6 Å². The average Bonchev–Trinajstić information content (AvgIpc) is 3.26. The zero-order chi connectivity index (χ0) is 23.5. The maximum Gasteiger partial charge on any atom is 0.167 e. The van der Waals surface area contributed by atoms with Crippen LogP contribution in [0, 0.1) is 12.8 Å². The lowest BCUT2D eigenvalue weighted by molar-refractivity contribution is -0.118. The van der Waals surface area contributed by atoms with Gasteiger partial charge < -0.3 is 4.40 Å². The minimum Gasteiger partial charge on any atom is -0.307 e. The smallest absolute Gasteiger partial charge is 0.167 e. The van der Waals surface area contributed by atoms with Gasteiger partial charge in [0.2, 0.25) is 0 Å². The van der Waals surface area contributed by atoms with Crippen molar-refractivity contribution in [1.82, 2.24) is 9.38 Å². The summed E-state index contributed by atoms with van der Waals surface area (Å²) in [5, 5.41) is 0. The van der Waals surface area contributed by atoms with Crippen LogP contribution in [0.25, 0.3) is 5.65 Å². The second-order valence-corrected chi connectivity index (χ2v) is 9.17. The van der Waals surface area contributed by atoms with Gasteiger partial charge in [0.1, 0.15) is 5.65 Å². The maximum atomic E-state index is 12.8. The molecule has 2 heterocycles. The Kier molecular flexibility index (Phi) is 6.22. The molecule has 4 nitrogen and oxygen atoms in total. The van der Waals surface area contributed by atoms with Crippen LogP contribution in [0.4, 0.5) is 0 Å². The fourth-order valence-electron chi connectivity index (χ4n) is 4.58. The van der Waals surface area contributed by atoms with Gasteiger partial charge in [-0.3, -0.25) is 9.59 Å². The number of Topliss-reactive ketones (excluding diaryl/α,β-unsaturated/α-hetero) is 1. The molecule has 0 aliphatic heterocycles. The lowest BCUT2D eigenvalue weighted by Crippen LogP contribution is -2.19. The van der Waals surface area contributed by atoms with Gasteiger partial charge in [-0.25, -0.2) is 4.98 Å². The predicted octanol–water partition coefficient (Wildman–Crippen LogP) is 5.50. The Morgan fingerprint density at radius 2 is 1.74 bits per heavy atom. The number of benzene rings is 1. The van der Waals surface area contributed by atoms with Crippen LogP contribution in [0.2, 0.25) is 0 Å². The van der Waals surface area contributed by atoms with Crippen LogP contribution in [0.1, 0.15) is 35.2 Å². The van der Waals surface area contributed by atoms with Gasteiger partial charge in [0.05, 0.1) is 11.6 Å². The molecule has 0 radical (unpaired) electrons. The highest BCUT2D eigenvalue weighted by molar-refractivity contribution is 6.09. The molecule has 0 N–H and O–H groups in total. The third-order valence-corrected chi connectivity index (χ3v) is 6.53. The van der Waals surface area contributed by atoms with Crippen LogP contribution >= 0.6 is 0 Å². The van der Waals surface area contributed by atoms with E-state index in [-0.39, 0.29) is 17.5 Å². The molecule has 0 amide bonds. The summed E-state index contributed by atoms with van der Waals surface area (Å²) in [5.41, 5.74) is 7.11. The molecule has 4 heteroatoms. The summed E-state index contributed by atoms with van der Waals surface area (Å²) in [7, 11) is 0. The van der Waals surface area contributed by atoms with Crippen molar-refractivity contribution in [1.29, 1.82) is 0 Å². The standard InChI is InChI=1S/C30H28N2O2/c1-21-9-11-22(12-10-21)5-4-6-23-13-16-30-31-26(20-32(30)19-23)14-15-28(33)25-17-24-7-2-3-8-27(24)29(34)18-25/h2-3,7-13,16-20,27H,4-6,14-15H2,1H3. The van der Waals surface area contributed by atoms with E-state index in [9.17, 15) is 9.59 Å². The summed E-state index contributed by atoms with van der Waals surface area (Å²) in [6, 6.07) is 12.9. The minimum absolute atomic E-state index is 0.0175. The highest BCUT2D eigenvalue weighted by atomic mass is 16.1. The zero-order valence-corrected chi connectivity index (χ0v) is 19.4. The van der Waals surface area contributed by atoms with E-state index in [1.165, 1.54) is 22.8 Å². The Labute approximate surface area is 200 Å². The minimum atomic E-state index is -0.244. The number of imidazole rings is 1. The number of allylic oxidation sites excluding steroid dienone is 8. The number of rotatable bonds is 8. The maximum absolute atomic E-state index is 12.8. The second-order valence-electron chi connectivity index (χ2n) is 9.17. The van der Waals surface area contributed by atoms with Crippen molar-refractivity contribution in [3.63, 3.8) is 0 Å². The van der Waals surface area contributed by atoms with Gasteiger partial charge in [-0.2, -0.15) is 0 Å². The number of carbonyl (C=O) groups excluding carboxylic acids is 2. The molecule has 0 fully saturated rings. The Bertz CT molecular complexity index is 1370. The SMILES string of the molecule is Cc1ccc(CCCc2ccc3nc(CCC(=O)C4=CC(=O)C5C=CC=CC5=C4)cn3c2)cc1. The number of fused-ring (bicyclic) bond motifs is 2. The number of nitrogens with zero attached hydrogens (tertiary/aromatic N) is 2. The van der Waals surface area contributed by atoms with Crippen molar-refractivity contribution in [3.8, 4) is 0 Å². The first-order valence-electron chi connectivity index (χ1n) is 11.9. The number of carbonyl (C=O) groups is 2. The monoisotopic (exact) mass is 448 g/mol. The van der Waals surface area contributed by atoms with Crippen LogP contribution in [0.5, 0.6) is 0 Å². The molecule has 34 heavy (non-hydrogen) atoms. The van der Waals surface area contributed by atoms with Gasteiger partial charge >= 0.3 is 0 Å². The molecule has 2 aromatic heterocycles. The van der Waals surface area contributed by atoms with Crippen LogP contribution in [0.15, 0.2) is 96.4 Å². The molecule has 0 saturated carbocycles. The fourth-order valence-corrected chi connectivity index (χ4v) is 4.58. The third-order valence-electron chi connectivity index (χ3n) is 6.53. The van der Waals surface area contributed by atoms with E-state index in [2.05, 4.69) is 52.8 Å². The van der Waals surface area contributed by atoms with Crippen LogP contribution in [-0.2, 0) is 28.9 Å². The molecule has 170 valence electrons. The van der Waals surface area contributed by atoms with Crippen LogP contribution in [0.3, 0.4) is 0 Å². The number of hydrogen-bond acceptors (Lipinski definition) is 3. The molecular weight excluding hydrogens is 420 g/mol. The highest BCUT2D eigenvalue weighted by Crippen LogP contribution is 2.27. The summed E-state index contributed by atoms with van der Waals surface area (Å²) in [6.07, 6.45) is 19.1. The number of ketones is 2. The van der Waals surface area contributed by atoms with E-state index < -0.39 is 0 Å². The van der Waals surface area contributed by atoms with Crippen molar-refractivity contribution >= 4 is 17.2 Å². The Morgan fingerprint density at radius 1 is 0.941 bits per heavy atom. The van der Waals surface area contributed by atoms with E-state index in [1.807, 2.05) is 42.6 Å². The molecular formula is C30H28N2O2. The van der Waals surface area contributed by atoms with E-state index in [1.54, 1.807) is 0 Å². The van der Waals surface area contributed by atoms with E-state index in [0.29, 0.717) is 18.4 Å². The molecule has 5 rings (SSSR count).